The summed E-state index contributed by atoms with van der Waals surface area (Å²) in [6.45, 7) is 2.39. The highest BCUT2D eigenvalue weighted by Crippen LogP contribution is 2.37. The van der Waals surface area contributed by atoms with Crippen LogP contribution in [0.15, 0.2) is 24.3 Å². The van der Waals surface area contributed by atoms with Crippen molar-refractivity contribution in [3.8, 4) is 17.3 Å². The molecule has 1 atom stereocenters. The quantitative estimate of drug-likeness (QED) is 0.485. The number of aromatic nitrogens is 2. The summed E-state index contributed by atoms with van der Waals surface area (Å²) in [5.41, 5.74) is 1.56. The summed E-state index contributed by atoms with van der Waals surface area (Å²) in [5, 5.41) is 11.1. The predicted molar refractivity (Wildman–Crippen MR) is 69.8 cm³/mol. The predicted octanol–water partition coefficient (Wildman–Crippen LogP) is 2.05. The molecule has 2 aromatic rings. The number of nitro groups is 1. The molecule has 102 valence electrons. The van der Waals surface area contributed by atoms with Gasteiger partial charge in [0, 0.05) is 16.1 Å². The van der Waals surface area contributed by atoms with E-state index in [1.165, 1.54) is 0 Å². The molecule has 1 aliphatic heterocycles. The molecule has 0 bridgehead atoms. The van der Waals surface area contributed by atoms with Crippen molar-refractivity contribution in [2.24, 2.45) is 0 Å². The van der Waals surface area contributed by atoms with Crippen LogP contribution in [-0.2, 0) is 6.54 Å². The minimum absolute atomic E-state index is 0.0636. The first kappa shape index (κ1) is 12.3. The SMILES string of the molecule is CC1Cn2c(nc([N+](=O)[O-])c2-c2ccc(C=O)cc2)O1. The number of benzene rings is 1. The summed E-state index contributed by atoms with van der Waals surface area (Å²) in [5.74, 6) is -0.231. The molecule has 2 heterocycles. The molecule has 1 aliphatic rings. The van der Waals surface area contributed by atoms with E-state index in [-0.39, 0.29) is 17.9 Å². The Labute approximate surface area is 114 Å². The molecule has 0 spiro atoms. The number of hydrogen-bond donors (Lipinski definition) is 0. The largest absolute Gasteiger partial charge is 0.441 e. The van der Waals surface area contributed by atoms with Gasteiger partial charge < -0.3 is 14.9 Å². The van der Waals surface area contributed by atoms with Gasteiger partial charge in [0.1, 0.15) is 12.4 Å². The molecule has 7 heteroatoms. The van der Waals surface area contributed by atoms with Crippen LogP contribution in [0.3, 0.4) is 0 Å². The first-order valence-electron chi connectivity index (χ1n) is 6.07. The third-order valence-corrected chi connectivity index (χ3v) is 3.15. The number of aldehydes is 1. The van der Waals surface area contributed by atoms with Crippen molar-refractivity contribution < 1.29 is 14.5 Å². The Kier molecular flexibility index (Phi) is 2.74. The number of hydrogen-bond acceptors (Lipinski definition) is 5. The summed E-state index contributed by atoms with van der Waals surface area (Å²) in [7, 11) is 0. The average Bonchev–Trinajstić information content (AvgIpc) is 2.94. The highest BCUT2D eigenvalue weighted by molar-refractivity contribution is 5.78. The molecule has 0 saturated heterocycles. The Morgan fingerprint density at radius 2 is 2.15 bits per heavy atom. The lowest BCUT2D eigenvalue weighted by Crippen LogP contribution is -2.09. The number of nitrogens with zero attached hydrogens (tertiary/aromatic N) is 3. The third-order valence-electron chi connectivity index (χ3n) is 3.15. The van der Waals surface area contributed by atoms with E-state index in [4.69, 9.17) is 4.74 Å². The zero-order valence-electron chi connectivity index (χ0n) is 10.6. The molecule has 1 aromatic heterocycles. The molecule has 1 aromatic carbocycles. The van der Waals surface area contributed by atoms with Crippen LogP contribution in [0.1, 0.15) is 17.3 Å². The second kappa shape index (κ2) is 4.44. The van der Waals surface area contributed by atoms with Crippen LogP contribution in [0.4, 0.5) is 5.82 Å². The van der Waals surface area contributed by atoms with Crippen LogP contribution in [0.2, 0.25) is 0 Å². The van der Waals surface area contributed by atoms with Crippen LogP contribution in [0, 0.1) is 10.1 Å². The summed E-state index contributed by atoms with van der Waals surface area (Å²) in [4.78, 5) is 25.2. The second-order valence-electron chi connectivity index (χ2n) is 4.60. The van der Waals surface area contributed by atoms with Crippen molar-refractivity contribution in [1.29, 1.82) is 0 Å². The maximum atomic E-state index is 11.1. The lowest BCUT2D eigenvalue weighted by molar-refractivity contribution is -0.388. The lowest BCUT2D eigenvalue weighted by Gasteiger charge is -2.04. The fourth-order valence-corrected chi connectivity index (χ4v) is 2.29. The molecule has 0 radical (unpaired) electrons. The van der Waals surface area contributed by atoms with Gasteiger partial charge in [0.25, 0.3) is 0 Å². The van der Waals surface area contributed by atoms with Crippen molar-refractivity contribution in [3.63, 3.8) is 0 Å². The van der Waals surface area contributed by atoms with Gasteiger partial charge >= 0.3 is 11.8 Å². The summed E-state index contributed by atoms with van der Waals surface area (Å²) >= 11 is 0. The molecule has 1 unspecified atom stereocenters. The highest BCUT2D eigenvalue weighted by Gasteiger charge is 2.35. The Hall–Kier alpha value is -2.70. The molecule has 3 rings (SSSR count). The summed E-state index contributed by atoms with van der Waals surface area (Å²) in [6.07, 6.45) is 0.663. The van der Waals surface area contributed by atoms with E-state index in [9.17, 15) is 14.9 Å². The smallest absolute Gasteiger partial charge is 0.415 e. The van der Waals surface area contributed by atoms with E-state index >= 15 is 0 Å². The van der Waals surface area contributed by atoms with Gasteiger partial charge in [-0.2, -0.15) is 0 Å². The first-order chi connectivity index (χ1) is 9.60. The number of fused-ring (bicyclic) bond motifs is 1. The number of rotatable bonds is 3. The Morgan fingerprint density at radius 1 is 1.45 bits per heavy atom. The number of imidazole rings is 1. The first-order valence-corrected chi connectivity index (χ1v) is 6.07. The molecule has 0 amide bonds. The van der Waals surface area contributed by atoms with E-state index in [2.05, 4.69) is 4.98 Å². The van der Waals surface area contributed by atoms with Crippen molar-refractivity contribution >= 4 is 12.1 Å². The Morgan fingerprint density at radius 3 is 2.75 bits per heavy atom. The van der Waals surface area contributed by atoms with E-state index in [1.807, 2.05) is 6.92 Å². The van der Waals surface area contributed by atoms with E-state index in [0.717, 1.165) is 6.29 Å². The van der Waals surface area contributed by atoms with Crippen LogP contribution in [0.25, 0.3) is 11.3 Å². The summed E-state index contributed by atoms with van der Waals surface area (Å²) < 4.78 is 7.13. The monoisotopic (exact) mass is 273 g/mol. The molecule has 0 N–H and O–H groups in total. The average molecular weight is 273 g/mol. The van der Waals surface area contributed by atoms with Crippen molar-refractivity contribution in [1.82, 2.24) is 9.55 Å². The van der Waals surface area contributed by atoms with Gasteiger partial charge in [-0.15, -0.1) is 0 Å². The summed E-state index contributed by atoms with van der Waals surface area (Å²) in [6, 6.07) is 6.84. The fraction of sp³-hybridized carbons (Fsp3) is 0.231. The molecule has 0 aliphatic carbocycles. The number of carbonyl (C=O) groups excluding carboxylic acids is 1. The fourth-order valence-electron chi connectivity index (χ4n) is 2.29. The van der Waals surface area contributed by atoms with Crippen molar-refractivity contribution in [3.05, 3.63) is 39.9 Å². The molecule has 7 nitrogen and oxygen atoms in total. The van der Waals surface area contributed by atoms with E-state index < -0.39 is 4.92 Å². The van der Waals surface area contributed by atoms with Crippen LogP contribution in [-0.4, -0.2) is 26.9 Å². The maximum Gasteiger partial charge on any atom is 0.415 e. The van der Waals surface area contributed by atoms with Crippen molar-refractivity contribution in [2.45, 2.75) is 19.6 Å². The van der Waals surface area contributed by atoms with Crippen molar-refractivity contribution in [2.75, 3.05) is 0 Å². The molecule has 0 saturated carbocycles. The van der Waals surface area contributed by atoms with E-state index in [0.29, 0.717) is 23.4 Å². The van der Waals surface area contributed by atoms with Gasteiger partial charge in [0.2, 0.25) is 0 Å². The molecular weight excluding hydrogens is 262 g/mol. The highest BCUT2D eigenvalue weighted by atomic mass is 16.6. The Bertz CT molecular complexity index is 690. The topological polar surface area (TPSA) is 87.3 Å². The van der Waals surface area contributed by atoms with Gasteiger partial charge in [-0.25, -0.2) is 0 Å². The lowest BCUT2D eigenvalue weighted by atomic mass is 10.1. The molecule has 0 fully saturated rings. The standard InChI is InChI=1S/C13H11N3O4/c1-8-6-15-11(10-4-2-9(7-17)3-5-10)12(16(18)19)14-13(15)20-8/h2-5,7-8H,6H2,1H3. The van der Waals surface area contributed by atoms with E-state index in [1.54, 1.807) is 28.8 Å². The van der Waals surface area contributed by atoms with Gasteiger partial charge in [0.15, 0.2) is 5.69 Å². The number of ether oxygens (including phenoxy) is 1. The van der Waals surface area contributed by atoms with Crippen LogP contribution < -0.4 is 4.74 Å². The third kappa shape index (κ3) is 1.83. The zero-order valence-corrected chi connectivity index (χ0v) is 10.6. The van der Waals surface area contributed by atoms with Gasteiger partial charge in [-0.05, 0) is 11.8 Å². The minimum Gasteiger partial charge on any atom is -0.441 e. The molecule has 20 heavy (non-hydrogen) atoms. The van der Waals surface area contributed by atoms with Gasteiger partial charge in [0.05, 0.1) is 6.54 Å². The zero-order chi connectivity index (χ0) is 14.3. The second-order valence-corrected chi connectivity index (χ2v) is 4.60. The van der Waals surface area contributed by atoms with Gasteiger partial charge in [-0.1, -0.05) is 24.3 Å². The number of carbonyl (C=O) groups is 1. The molecular formula is C13H11N3O4. The minimum atomic E-state index is -0.525. The Balaban J connectivity index is 2.15. The van der Waals surface area contributed by atoms with Crippen LogP contribution >= 0.6 is 0 Å². The van der Waals surface area contributed by atoms with Gasteiger partial charge in [-0.3, -0.25) is 9.36 Å². The maximum absolute atomic E-state index is 11.1. The normalized spacial score (nSPS) is 16.6. The van der Waals surface area contributed by atoms with Crippen LogP contribution in [0.5, 0.6) is 6.01 Å².